The molecule has 0 unspecified atom stereocenters. The van der Waals surface area contributed by atoms with Crippen molar-refractivity contribution in [1.82, 2.24) is 20.4 Å². The summed E-state index contributed by atoms with van der Waals surface area (Å²) in [6.07, 6.45) is 4.81. The number of ether oxygens (including phenoxy) is 1. The number of nitrogens with one attached hydrogen (secondary N) is 2. The fraction of sp³-hybridized carbons (Fsp3) is 0.714. The smallest absolute Gasteiger partial charge is 0.191 e. The highest BCUT2D eigenvalue weighted by Gasteiger charge is 2.00. The molecule has 0 aromatic carbocycles. The molecule has 0 saturated carbocycles. The maximum absolute atomic E-state index is 5.53. The van der Waals surface area contributed by atoms with Crippen molar-refractivity contribution in [2.24, 2.45) is 18.0 Å². The van der Waals surface area contributed by atoms with Gasteiger partial charge in [0.25, 0.3) is 0 Å². The third-order valence-electron chi connectivity index (χ3n) is 2.65. The van der Waals surface area contributed by atoms with Gasteiger partial charge in [0, 0.05) is 52.2 Å². The average Bonchev–Trinajstić information content (AvgIpc) is 2.82. The Balaban J connectivity index is 2.11. The minimum Gasteiger partial charge on any atom is -0.381 e. The van der Waals surface area contributed by atoms with E-state index >= 15 is 0 Å². The molecule has 0 spiro atoms. The zero-order chi connectivity index (χ0) is 14.8. The first kappa shape index (κ1) is 16.5. The van der Waals surface area contributed by atoms with Gasteiger partial charge in [-0.1, -0.05) is 13.8 Å². The van der Waals surface area contributed by atoms with Gasteiger partial charge in [-0.25, -0.2) is 0 Å². The predicted molar refractivity (Wildman–Crippen MR) is 81.7 cm³/mol. The zero-order valence-corrected chi connectivity index (χ0v) is 13.0. The molecule has 1 rings (SSSR count). The fourth-order valence-corrected chi connectivity index (χ4v) is 1.67. The highest BCUT2D eigenvalue weighted by atomic mass is 16.5. The lowest BCUT2D eigenvalue weighted by molar-refractivity contribution is 0.108. The third kappa shape index (κ3) is 7.13. The summed E-state index contributed by atoms with van der Waals surface area (Å²) in [5.74, 6) is 1.40. The van der Waals surface area contributed by atoms with Gasteiger partial charge < -0.3 is 15.4 Å². The Bertz CT molecular complexity index is 400. The summed E-state index contributed by atoms with van der Waals surface area (Å²) in [6, 6.07) is 0. The molecule has 0 amide bonds. The molecule has 114 valence electrons. The van der Waals surface area contributed by atoms with E-state index in [-0.39, 0.29) is 0 Å². The molecule has 0 aliphatic rings. The van der Waals surface area contributed by atoms with Crippen LogP contribution in [0, 0.1) is 5.92 Å². The molecule has 1 aromatic rings. The predicted octanol–water partition coefficient (Wildman–Crippen LogP) is 1.15. The SMILES string of the molecule is CN=C(NCCCOCC(C)C)NCc1cnn(C)c1. The molecule has 0 saturated heterocycles. The minimum atomic E-state index is 0.594. The second kappa shape index (κ2) is 9.36. The molecule has 1 aromatic heterocycles. The molecular weight excluding hydrogens is 254 g/mol. The van der Waals surface area contributed by atoms with Crippen LogP contribution in [0.3, 0.4) is 0 Å². The molecule has 1 heterocycles. The van der Waals surface area contributed by atoms with Gasteiger partial charge in [-0.2, -0.15) is 5.10 Å². The number of hydrogen-bond donors (Lipinski definition) is 2. The van der Waals surface area contributed by atoms with Gasteiger partial charge >= 0.3 is 0 Å². The van der Waals surface area contributed by atoms with Crippen LogP contribution in [0.5, 0.6) is 0 Å². The van der Waals surface area contributed by atoms with Crippen LogP contribution in [0.1, 0.15) is 25.8 Å². The van der Waals surface area contributed by atoms with E-state index in [2.05, 4.69) is 34.6 Å². The van der Waals surface area contributed by atoms with Crippen LogP contribution >= 0.6 is 0 Å². The normalized spacial score (nSPS) is 11.9. The Morgan fingerprint density at radius 1 is 1.45 bits per heavy atom. The van der Waals surface area contributed by atoms with E-state index in [1.807, 2.05) is 19.4 Å². The summed E-state index contributed by atoms with van der Waals surface area (Å²) in [5.41, 5.74) is 1.13. The maximum Gasteiger partial charge on any atom is 0.191 e. The van der Waals surface area contributed by atoms with E-state index in [4.69, 9.17) is 4.74 Å². The Hall–Kier alpha value is -1.56. The standard InChI is InChI=1S/C14H27N5O/c1-12(2)11-20-7-5-6-16-14(15-3)17-8-13-9-18-19(4)10-13/h9-10,12H,5-8,11H2,1-4H3,(H2,15,16,17). The molecule has 20 heavy (non-hydrogen) atoms. The number of aliphatic imine (C=N–C) groups is 1. The zero-order valence-electron chi connectivity index (χ0n) is 13.0. The molecule has 0 radical (unpaired) electrons. The van der Waals surface area contributed by atoms with Crippen LogP contribution in [0.2, 0.25) is 0 Å². The molecule has 2 N–H and O–H groups in total. The van der Waals surface area contributed by atoms with Crippen molar-refractivity contribution in [3.8, 4) is 0 Å². The number of aromatic nitrogens is 2. The second-order valence-electron chi connectivity index (χ2n) is 5.20. The molecule has 6 heteroatoms. The second-order valence-corrected chi connectivity index (χ2v) is 5.20. The highest BCUT2D eigenvalue weighted by molar-refractivity contribution is 5.79. The van der Waals surface area contributed by atoms with E-state index in [1.165, 1.54) is 0 Å². The summed E-state index contributed by atoms with van der Waals surface area (Å²) in [4.78, 5) is 4.18. The summed E-state index contributed by atoms with van der Waals surface area (Å²) in [7, 11) is 3.68. The Morgan fingerprint density at radius 2 is 2.25 bits per heavy atom. The first-order chi connectivity index (χ1) is 9.61. The number of aryl methyl sites for hydroxylation is 1. The van der Waals surface area contributed by atoms with Crippen molar-refractivity contribution in [3.63, 3.8) is 0 Å². The van der Waals surface area contributed by atoms with E-state index in [0.717, 1.165) is 44.2 Å². The minimum absolute atomic E-state index is 0.594. The topological polar surface area (TPSA) is 63.5 Å². The van der Waals surface area contributed by atoms with Crippen molar-refractivity contribution in [1.29, 1.82) is 0 Å². The Labute approximate surface area is 121 Å². The lowest BCUT2D eigenvalue weighted by atomic mass is 10.2. The lowest BCUT2D eigenvalue weighted by Crippen LogP contribution is -2.37. The van der Waals surface area contributed by atoms with E-state index < -0.39 is 0 Å². The number of rotatable bonds is 8. The van der Waals surface area contributed by atoms with Crippen molar-refractivity contribution < 1.29 is 4.74 Å². The van der Waals surface area contributed by atoms with Gasteiger partial charge in [-0.15, -0.1) is 0 Å². The number of hydrogen-bond acceptors (Lipinski definition) is 3. The average molecular weight is 281 g/mol. The maximum atomic E-state index is 5.53. The first-order valence-electron chi connectivity index (χ1n) is 7.11. The van der Waals surface area contributed by atoms with Crippen molar-refractivity contribution in [2.45, 2.75) is 26.8 Å². The molecule has 0 fully saturated rings. The summed E-state index contributed by atoms with van der Waals surface area (Å²) < 4.78 is 7.32. The van der Waals surface area contributed by atoms with Crippen LogP contribution in [0.25, 0.3) is 0 Å². The van der Waals surface area contributed by atoms with Gasteiger partial charge in [0.15, 0.2) is 5.96 Å². The van der Waals surface area contributed by atoms with Crippen LogP contribution in [-0.4, -0.2) is 42.5 Å². The van der Waals surface area contributed by atoms with Crippen LogP contribution in [-0.2, 0) is 18.3 Å². The number of guanidine groups is 1. The van der Waals surface area contributed by atoms with Crippen molar-refractivity contribution in [3.05, 3.63) is 18.0 Å². The van der Waals surface area contributed by atoms with Gasteiger partial charge in [-0.05, 0) is 12.3 Å². The number of nitrogens with zero attached hydrogens (tertiary/aromatic N) is 3. The lowest BCUT2D eigenvalue weighted by Gasteiger charge is -2.11. The van der Waals surface area contributed by atoms with Gasteiger partial charge in [-0.3, -0.25) is 9.67 Å². The van der Waals surface area contributed by atoms with Crippen molar-refractivity contribution in [2.75, 3.05) is 26.8 Å². The van der Waals surface area contributed by atoms with Crippen LogP contribution in [0.4, 0.5) is 0 Å². The molecule has 0 aliphatic heterocycles. The van der Waals surface area contributed by atoms with Gasteiger partial charge in [0.1, 0.15) is 0 Å². The summed E-state index contributed by atoms with van der Waals surface area (Å²) in [5, 5.41) is 10.6. The molecular formula is C14H27N5O. The third-order valence-corrected chi connectivity index (χ3v) is 2.65. The first-order valence-corrected chi connectivity index (χ1v) is 7.11. The van der Waals surface area contributed by atoms with Gasteiger partial charge in [0.05, 0.1) is 6.20 Å². The highest BCUT2D eigenvalue weighted by Crippen LogP contribution is 1.95. The Morgan fingerprint density at radius 3 is 2.85 bits per heavy atom. The Kier molecular flexibility index (Phi) is 7.72. The van der Waals surface area contributed by atoms with Gasteiger partial charge in [0.2, 0.25) is 0 Å². The van der Waals surface area contributed by atoms with Crippen LogP contribution in [0.15, 0.2) is 17.4 Å². The molecule has 0 atom stereocenters. The monoisotopic (exact) mass is 281 g/mol. The summed E-state index contributed by atoms with van der Waals surface area (Å²) in [6.45, 7) is 7.49. The largest absolute Gasteiger partial charge is 0.381 e. The molecule has 0 aliphatic carbocycles. The summed E-state index contributed by atoms with van der Waals surface area (Å²) >= 11 is 0. The fourth-order valence-electron chi connectivity index (χ4n) is 1.67. The quantitative estimate of drug-likeness (QED) is 0.426. The van der Waals surface area contributed by atoms with Crippen LogP contribution < -0.4 is 10.6 Å². The van der Waals surface area contributed by atoms with E-state index in [9.17, 15) is 0 Å². The molecule has 0 bridgehead atoms. The van der Waals surface area contributed by atoms with Crippen molar-refractivity contribution >= 4 is 5.96 Å². The van der Waals surface area contributed by atoms with E-state index in [1.54, 1.807) is 11.7 Å². The molecule has 6 nitrogen and oxygen atoms in total. The van der Waals surface area contributed by atoms with E-state index in [0.29, 0.717) is 5.92 Å².